The number of non-ortho nitro benzene ring substituents is 1. The Bertz CT molecular complexity index is 1080. The number of oxime groups is 1. The molecular formula is C24H21ClN2O4. The van der Waals surface area contributed by atoms with Crippen molar-refractivity contribution in [2.75, 3.05) is 7.11 Å². The predicted octanol–water partition coefficient (Wildman–Crippen LogP) is 5.98. The van der Waals surface area contributed by atoms with Gasteiger partial charge < -0.3 is 9.57 Å². The highest BCUT2D eigenvalue weighted by Crippen LogP contribution is 2.49. The van der Waals surface area contributed by atoms with Crippen molar-refractivity contribution in [1.82, 2.24) is 0 Å². The van der Waals surface area contributed by atoms with Gasteiger partial charge in [0.1, 0.15) is 12.4 Å². The zero-order valence-electron chi connectivity index (χ0n) is 16.9. The van der Waals surface area contributed by atoms with E-state index >= 15 is 0 Å². The maximum Gasteiger partial charge on any atom is 0.269 e. The minimum absolute atomic E-state index is 0.0509. The normalized spacial score (nSPS) is 17.8. The first-order chi connectivity index (χ1) is 15.0. The maximum absolute atomic E-state index is 10.8. The van der Waals surface area contributed by atoms with Crippen LogP contribution in [-0.2, 0) is 11.4 Å². The molecular weight excluding hydrogens is 416 g/mol. The summed E-state index contributed by atoms with van der Waals surface area (Å²) in [5, 5.41) is 16.0. The molecule has 0 radical (unpaired) electrons. The van der Waals surface area contributed by atoms with Gasteiger partial charge in [0.15, 0.2) is 0 Å². The van der Waals surface area contributed by atoms with E-state index in [1.54, 1.807) is 19.2 Å². The number of nitro benzene ring substituents is 1. The molecule has 0 bridgehead atoms. The SMILES string of the molecule is COc1ccc(/C(=N/OCc2ccc([N+](=O)[O-])cc2)[C@H]2C[C@@H]2c2ccc(Cl)cc2)cc1. The largest absolute Gasteiger partial charge is 0.497 e. The first-order valence-electron chi connectivity index (χ1n) is 9.88. The van der Waals surface area contributed by atoms with Crippen LogP contribution in [0.3, 0.4) is 0 Å². The molecule has 158 valence electrons. The van der Waals surface area contributed by atoms with E-state index < -0.39 is 4.92 Å². The Labute approximate surface area is 185 Å². The van der Waals surface area contributed by atoms with Gasteiger partial charge in [0.25, 0.3) is 5.69 Å². The molecule has 31 heavy (non-hydrogen) atoms. The van der Waals surface area contributed by atoms with Crippen molar-refractivity contribution in [3.05, 3.63) is 105 Å². The van der Waals surface area contributed by atoms with Gasteiger partial charge in [-0.25, -0.2) is 0 Å². The summed E-state index contributed by atoms with van der Waals surface area (Å²) in [6.07, 6.45) is 0.980. The van der Waals surface area contributed by atoms with E-state index in [1.165, 1.54) is 17.7 Å². The molecule has 0 N–H and O–H groups in total. The van der Waals surface area contributed by atoms with Gasteiger partial charge in [-0.2, -0.15) is 0 Å². The molecule has 6 nitrogen and oxygen atoms in total. The van der Waals surface area contributed by atoms with Crippen molar-refractivity contribution in [2.45, 2.75) is 18.9 Å². The number of hydrogen-bond donors (Lipinski definition) is 0. The predicted molar refractivity (Wildman–Crippen MR) is 120 cm³/mol. The zero-order valence-corrected chi connectivity index (χ0v) is 17.7. The molecule has 4 rings (SSSR count). The summed E-state index contributed by atoms with van der Waals surface area (Å²) < 4.78 is 5.26. The monoisotopic (exact) mass is 436 g/mol. The third-order valence-electron chi connectivity index (χ3n) is 5.37. The lowest BCUT2D eigenvalue weighted by Crippen LogP contribution is -2.07. The molecule has 0 saturated heterocycles. The summed E-state index contributed by atoms with van der Waals surface area (Å²) in [5.74, 6) is 1.38. The number of methoxy groups -OCH3 is 1. The average Bonchev–Trinajstić information content (AvgIpc) is 3.58. The van der Waals surface area contributed by atoms with Crippen LogP contribution in [-0.4, -0.2) is 17.7 Å². The van der Waals surface area contributed by atoms with Crippen LogP contribution in [0, 0.1) is 16.0 Å². The van der Waals surface area contributed by atoms with E-state index in [2.05, 4.69) is 17.3 Å². The first-order valence-corrected chi connectivity index (χ1v) is 10.3. The van der Waals surface area contributed by atoms with Crippen LogP contribution in [0.15, 0.2) is 78.0 Å². The van der Waals surface area contributed by atoms with Crippen LogP contribution in [0.5, 0.6) is 5.75 Å². The molecule has 1 aliphatic carbocycles. The Kier molecular flexibility index (Phi) is 6.18. The summed E-state index contributed by atoms with van der Waals surface area (Å²) >= 11 is 6.02. The van der Waals surface area contributed by atoms with Crippen molar-refractivity contribution in [2.24, 2.45) is 11.1 Å². The van der Waals surface area contributed by atoms with E-state index in [0.29, 0.717) is 5.92 Å². The standard InChI is InChI=1S/C24H21ClN2O4/c1-30-21-12-6-18(7-13-21)24(23-14-22(23)17-4-8-19(25)9-5-17)26-31-15-16-2-10-20(11-3-16)27(28)29/h2-13,22-23H,14-15H2,1H3/b26-24-/t22-,23+/m1/s1. The van der Waals surface area contributed by atoms with Gasteiger partial charge in [0.05, 0.1) is 17.7 Å². The zero-order chi connectivity index (χ0) is 21.8. The molecule has 1 saturated carbocycles. The van der Waals surface area contributed by atoms with Crippen LogP contribution in [0.4, 0.5) is 5.69 Å². The molecule has 1 fully saturated rings. The molecule has 0 heterocycles. The third kappa shape index (κ3) is 5.03. The first kappa shape index (κ1) is 20.9. The van der Waals surface area contributed by atoms with E-state index in [4.69, 9.17) is 21.2 Å². The van der Waals surface area contributed by atoms with E-state index in [-0.39, 0.29) is 18.2 Å². The highest BCUT2D eigenvalue weighted by atomic mass is 35.5. The third-order valence-corrected chi connectivity index (χ3v) is 5.62. The molecule has 1 aliphatic rings. The average molecular weight is 437 g/mol. The Morgan fingerprint density at radius 1 is 1.06 bits per heavy atom. The van der Waals surface area contributed by atoms with Gasteiger partial charge in [-0.15, -0.1) is 0 Å². The Morgan fingerprint density at radius 2 is 1.74 bits per heavy atom. The van der Waals surface area contributed by atoms with Crippen LogP contribution in [0.1, 0.15) is 29.0 Å². The smallest absolute Gasteiger partial charge is 0.269 e. The molecule has 2 atom stereocenters. The topological polar surface area (TPSA) is 74.0 Å². The summed E-state index contributed by atoms with van der Waals surface area (Å²) in [4.78, 5) is 16.0. The maximum atomic E-state index is 10.8. The highest BCUT2D eigenvalue weighted by Gasteiger charge is 2.43. The number of halogens is 1. The van der Waals surface area contributed by atoms with Crippen molar-refractivity contribution in [1.29, 1.82) is 0 Å². The number of ether oxygens (including phenoxy) is 1. The molecule has 0 spiro atoms. The van der Waals surface area contributed by atoms with Gasteiger partial charge in [-0.1, -0.05) is 28.9 Å². The summed E-state index contributed by atoms with van der Waals surface area (Å²) in [5.41, 5.74) is 3.95. The van der Waals surface area contributed by atoms with Crippen LogP contribution in [0.2, 0.25) is 5.02 Å². The Morgan fingerprint density at radius 3 is 2.35 bits per heavy atom. The number of rotatable bonds is 8. The fraction of sp³-hybridized carbons (Fsp3) is 0.208. The molecule has 0 aliphatic heterocycles. The molecule has 0 aromatic heterocycles. The lowest BCUT2D eigenvalue weighted by molar-refractivity contribution is -0.384. The summed E-state index contributed by atoms with van der Waals surface area (Å²) in [6.45, 7) is 0.232. The second-order valence-corrected chi connectivity index (χ2v) is 7.84. The number of nitro groups is 1. The van der Waals surface area contributed by atoms with Crippen molar-refractivity contribution in [3.63, 3.8) is 0 Å². The number of hydrogen-bond acceptors (Lipinski definition) is 5. The molecule has 3 aromatic carbocycles. The van der Waals surface area contributed by atoms with Crippen molar-refractivity contribution in [3.8, 4) is 5.75 Å². The fourth-order valence-electron chi connectivity index (χ4n) is 3.56. The minimum Gasteiger partial charge on any atom is -0.497 e. The van der Waals surface area contributed by atoms with Crippen molar-refractivity contribution >= 4 is 23.0 Å². The minimum atomic E-state index is -0.422. The van der Waals surface area contributed by atoms with Gasteiger partial charge in [0.2, 0.25) is 0 Å². The van der Waals surface area contributed by atoms with Gasteiger partial charge in [0, 0.05) is 23.1 Å². The lowest BCUT2D eigenvalue weighted by Gasteiger charge is -2.09. The molecule has 7 heteroatoms. The van der Waals surface area contributed by atoms with Crippen molar-refractivity contribution < 1.29 is 14.5 Å². The quantitative estimate of drug-likeness (QED) is 0.247. The lowest BCUT2D eigenvalue weighted by atomic mass is 10.0. The molecule has 0 amide bonds. The molecule has 0 unspecified atom stereocenters. The van der Waals surface area contributed by atoms with Crippen LogP contribution >= 0.6 is 11.6 Å². The van der Waals surface area contributed by atoms with E-state index in [9.17, 15) is 10.1 Å². The summed E-state index contributed by atoms with van der Waals surface area (Å²) in [6, 6.07) is 21.9. The Hall–Kier alpha value is -3.38. The summed E-state index contributed by atoms with van der Waals surface area (Å²) in [7, 11) is 1.63. The van der Waals surface area contributed by atoms with Gasteiger partial charge in [-0.05, 0) is 77.6 Å². The fourth-order valence-corrected chi connectivity index (χ4v) is 3.69. The number of benzene rings is 3. The second kappa shape index (κ2) is 9.18. The van der Waals surface area contributed by atoms with Gasteiger partial charge >= 0.3 is 0 Å². The van der Waals surface area contributed by atoms with E-state index in [0.717, 1.165) is 34.0 Å². The highest BCUT2D eigenvalue weighted by molar-refractivity contribution is 6.30. The van der Waals surface area contributed by atoms with Gasteiger partial charge in [-0.3, -0.25) is 10.1 Å². The molecule has 3 aromatic rings. The Balaban J connectivity index is 1.52. The second-order valence-electron chi connectivity index (χ2n) is 7.40. The number of nitrogens with zero attached hydrogens (tertiary/aromatic N) is 2. The van der Waals surface area contributed by atoms with Crippen LogP contribution < -0.4 is 4.74 Å². The van der Waals surface area contributed by atoms with E-state index in [1.807, 2.05) is 36.4 Å². The van der Waals surface area contributed by atoms with Crippen LogP contribution in [0.25, 0.3) is 0 Å².